The molecule has 1 heterocycles. The van der Waals surface area contributed by atoms with Crippen LogP contribution in [0.3, 0.4) is 0 Å². The van der Waals surface area contributed by atoms with Gasteiger partial charge in [0.05, 0.1) is 4.90 Å². The highest BCUT2D eigenvalue weighted by atomic mass is 32.2. The Kier molecular flexibility index (Phi) is 6.12. The van der Waals surface area contributed by atoms with E-state index in [0.717, 1.165) is 20.0 Å². The van der Waals surface area contributed by atoms with E-state index in [1.165, 1.54) is 26.2 Å². The summed E-state index contributed by atoms with van der Waals surface area (Å²) in [5.74, 6) is -1.17. The van der Waals surface area contributed by atoms with Gasteiger partial charge in [-0.25, -0.2) is 17.5 Å². The number of rotatable bonds is 6. The lowest BCUT2D eigenvalue weighted by Crippen LogP contribution is -2.42. The molecule has 0 aromatic heterocycles. The molecular weight excluding hydrogens is 468 g/mol. The molecule has 1 aliphatic rings. The van der Waals surface area contributed by atoms with Crippen LogP contribution in [0.15, 0.2) is 65.6 Å². The van der Waals surface area contributed by atoms with Crippen molar-refractivity contribution >= 4 is 44.3 Å². The average Bonchev–Trinajstić information content (AvgIpc) is 3.03. The standard InChI is InChI=1S/C25H26N4O5S/c1-16-12-13-18(35(33,34)28(3)4)14-21(16)26-22(30)15-29-23(31)25(2,27-24(29)32)20-11-7-9-17-8-5-6-10-19(17)20/h5-14H,15H2,1-4H3,(H,26,30)(H,27,32). The van der Waals surface area contributed by atoms with Gasteiger partial charge < -0.3 is 10.6 Å². The molecule has 3 aromatic rings. The van der Waals surface area contributed by atoms with Crippen LogP contribution in [0.25, 0.3) is 10.8 Å². The zero-order chi connectivity index (χ0) is 25.5. The van der Waals surface area contributed by atoms with Crippen LogP contribution < -0.4 is 10.6 Å². The van der Waals surface area contributed by atoms with Crippen molar-refractivity contribution in [2.75, 3.05) is 26.0 Å². The number of sulfonamides is 1. The second-order valence-electron chi connectivity index (χ2n) is 8.79. The molecule has 0 spiro atoms. The SMILES string of the molecule is Cc1ccc(S(=O)(=O)N(C)C)cc1NC(=O)CN1C(=O)NC(C)(c2cccc3ccccc23)C1=O. The second kappa shape index (κ2) is 8.79. The summed E-state index contributed by atoms with van der Waals surface area (Å²) in [7, 11) is -0.873. The van der Waals surface area contributed by atoms with Gasteiger partial charge in [0.2, 0.25) is 15.9 Å². The number of carbonyl (C=O) groups excluding carboxylic acids is 3. The number of imide groups is 1. The number of benzene rings is 3. The van der Waals surface area contributed by atoms with Crippen molar-refractivity contribution in [2.24, 2.45) is 0 Å². The van der Waals surface area contributed by atoms with Crippen LogP contribution >= 0.6 is 0 Å². The highest BCUT2D eigenvalue weighted by Crippen LogP contribution is 2.34. The highest BCUT2D eigenvalue weighted by molar-refractivity contribution is 7.89. The number of nitrogens with zero attached hydrogens (tertiary/aromatic N) is 2. The molecule has 0 saturated carbocycles. The molecule has 0 bridgehead atoms. The number of nitrogens with one attached hydrogen (secondary N) is 2. The topological polar surface area (TPSA) is 116 Å². The normalized spacial score (nSPS) is 18.3. The molecule has 4 amide bonds. The molecule has 1 unspecified atom stereocenters. The Hall–Kier alpha value is -3.76. The predicted molar refractivity (Wildman–Crippen MR) is 132 cm³/mol. The van der Waals surface area contributed by atoms with E-state index in [2.05, 4.69) is 10.6 Å². The number of amides is 4. The van der Waals surface area contributed by atoms with Crippen LogP contribution in [0.2, 0.25) is 0 Å². The number of hydrogen-bond donors (Lipinski definition) is 2. The van der Waals surface area contributed by atoms with E-state index in [0.29, 0.717) is 11.1 Å². The van der Waals surface area contributed by atoms with E-state index in [4.69, 9.17) is 0 Å². The third kappa shape index (κ3) is 4.26. The Balaban J connectivity index is 1.57. The summed E-state index contributed by atoms with van der Waals surface area (Å²) in [4.78, 5) is 39.8. The average molecular weight is 495 g/mol. The molecule has 1 atom stereocenters. The molecule has 2 N–H and O–H groups in total. The number of urea groups is 1. The highest BCUT2D eigenvalue weighted by Gasteiger charge is 2.50. The Morgan fingerprint density at radius 1 is 1.06 bits per heavy atom. The van der Waals surface area contributed by atoms with Gasteiger partial charge in [0.25, 0.3) is 5.91 Å². The van der Waals surface area contributed by atoms with Crippen LogP contribution in [-0.4, -0.2) is 56.1 Å². The van der Waals surface area contributed by atoms with Crippen LogP contribution in [0.5, 0.6) is 0 Å². The molecule has 1 aliphatic heterocycles. The zero-order valence-corrected chi connectivity index (χ0v) is 20.6. The molecule has 3 aromatic carbocycles. The smallest absolute Gasteiger partial charge is 0.324 e. The minimum absolute atomic E-state index is 0.0157. The van der Waals surface area contributed by atoms with E-state index in [1.807, 2.05) is 36.4 Å². The second-order valence-corrected chi connectivity index (χ2v) is 10.9. The zero-order valence-electron chi connectivity index (χ0n) is 19.8. The predicted octanol–water partition coefficient (Wildman–Crippen LogP) is 2.80. The molecule has 0 aliphatic carbocycles. The van der Waals surface area contributed by atoms with Gasteiger partial charge in [-0.15, -0.1) is 0 Å². The van der Waals surface area contributed by atoms with E-state index in [-0.39, 0.29) is 10.6 Å². The van der Waals surface area contributed by atoms with Gasteiger partial charge in [0.15, 0.2) is 0 Å². The van der Waals surface area contributed by atoms with E-state index in [1.54, 1.807) is 26.0 Å². The van der Waals surface area contributed by atoms with Crippen LogP contribution in [0.4, 0.5) is 10.5 Å². The number of anilines is 1. The Morgan fingerprint density at radius 2 is 1.74 bits per heavy atom. The number of hydrogen-bond acceptors (Lipinski definition) is 5. The first-order chi connectivity index (χ1) is 16.4. The monoisotopic (exact) mass is 494 g/mol. The molecule has 1 fully saturated rings. The summed E-state index contributed by atoms with van der Waals surface area (Å²) < 4.78 is 26.0. The van der Waals surface area contributed by atoms with E-state index < -0.39 is 40.0 Å². The van der Waals surface area contributed by atoms with Gasteiger partial charge in [-0.05, 0) is 47.9 Å². The van der Waals surface area contributed by atoms with E-state index in [9.17, 15) is 22.8 Å². The maximum absolute atomic E-state index is 13.4. The maximum atomic E-state index is 13.4. The molecule has 35 heavy (non-hydrogen) atoms. The Morgan fingerprint density at radius 3 is 2.46 bits per heavy atom. The Labute approximate surface area is 203 Å². The van der Waals surface area contributed by atoms with Crippen molar-refractivity contribution in [3.63, 3.8) is 0 Å². The fourth-order valence-electron chi connectivity index (χ4n) is 4.12. The molecular formula is C25H26N4O5S. The van der Waals surface area contributed by atoms with Crippen molar-refractivity contribution in [1.82, 2.24) is 14.5 Å². The summed E-state index contributed by atoms with van der Waals surface area (Å²) >= 11 is 0. The summed E-state index contributed by atoms with van der Waals surface area (Å²) in [5.41, 5.74) is 0.207. The largest absolute Gasteiger partial charge is 0.325 e. The number of fused-ring (bicyclic) bond motifs is 1. The first-order valence-electron chi connectivity index (χ1n) is 10.9. The first kappa shape index (κ1) is 24.4. The van der Waals surface area contributed by atoms with Gasteiger partial charge in [0.1, 0.15) is 12.1 Å². The van der Waals surface area contributed by atoms with Crippen LogP contribution in [0, 0.1) is 6.92 Å². The number of carbonyl (C=O) groups is 3. The minimum Gasteiger partial charge on any atom is -0.324 e. The third-order valence-corrected chi connectivity index (χ3v) is 7.98. The lowest BCUT2D eigenvalue weighted by Gasteiger charge is -2.24. The van der Waals surface area contributed by atoms with Crippen LogP contribution in [-0.2, 0) is 25.2 Å². The van der Waals surface area contributed by atoms with Crippen molar-refractivity contribution < 1.29 is 22.8 Å². The Bertz CT molecular complexity index is 1460. The van der Waals surface area contributed by atoms with Crippen LogP contribution in [0.1, 0.15) is 18.1 Å². The van der Waals surface area contributed by atoms with Gasteiger partial charge >= 0.3 is 6.03 Å². The lowest BCUT2D eigenvalue weighted by molar-refractivity contribution is -0.133. The number of aryl methyl sites for hydroxylation is 1. The van der Waals surface area contributed by atoms with Crippen molar-refractivity contribution in [3.05, 3.63) is 71.8 Å². The fourth-order valence-corrected chi connectivity index (χ4v) is 5.05. The van der Waals surface area contributed by atoms with Gasteiger partial charge in [-0.1, -0.05) is 48.5 Å². The summed E-state index contributed by atoms with van der Waals surface area (Å²) in [6, 6.07) is 16.8. The molecule has 4 rings (SSSR count). The first-order valence-corrected chi connectivity index (χ1v) is 12.3. The fraction of sp³-hybridized carbons (Fsp3) is 0.240. The minimum atomic E-state index is -3.70. The summed E-state index contributed by atoms with van der Waals surface area (Å²) in [6.45, 7) is 2.81. The maximum Gasteiger partial charge on any atom is 0.325 e. The molecule has 9 nitrogen and oxygen atoms in total. The molecule has 1 saturated heterocycles. The van der Waals surface area contributed by atoms with Crippen molar-refractivity contribution in [2.45, 2.75) is 24.3 Å². The van der Waals surface area contributed by atoms with Crippen molar-refractivity contribution in [3.8, 4) is 0 Å². The van der Waals surface area contributed by atoms with Gasteiger partial charge in [-0.3, -0.25) is 14.5 Å². The van der Waals surface area contributed by atoms with Crippen molar-refractivity contribution in [1.29, 1.82) is 0 Å². The van der Waals surface area contributed by atoms with E-state index >= 15 is 0 Å². The summed E-state index contributed by atoms with van der Waals surface area (Å²) in [6.07, 6.45) is 0. The molecule has 10 heteroatoms. The van der Waals surface area contributed by atoms with Gasteiger partial charge in [-0.2, -0.15) is 0 Å². The molecule has 0 radical (unpaired) electrons. The quantitative estimate of drug-likeness (QED) is 0.511. The van der Waals surface area contributed by atoms with Gasteiger partial charge in [0, 0.05) is 19.8 Å². The third-order valence-electron chi connectivity index (χ3n) is 6.17. The summed E-state index contributed by atoms with van der Waals surface area (Å²) in [5, 5.41) is 7.11. The molecule has 182 valence electrons. The lowest BCUT2D eigenvalue weighted by atomic mass is 9.88.